The van der Waals surface area contributed by atoms with Gasteiger partial charge in [-0.1, -0.05) is 18.0 Å². The lowest BCUT2D eigenvalue weighted by Gasteiger charge is -2.25. The molecule has 1 fully saturated rings. The van der Waals surface area contributed by atoms with E-state index in [1.807, 2.05) is 0 Å². The summed E-state index contributed by atoms with van der Waals surface area (Å²) in [5, 5.41) is 3.60. The maximum atomic E-state index is 11.6. The van der Waals surface area contributed by atoms with Gasteiger partial charge in [0, 0.05) is 17.1 Å². The molecule has 1 saturated carbocycles. The smallest absolute Gasteiger partial charge is 0.251 e. The van der Waals surface area contributed by atoms with E-state index in [9.17, 15) is 4.79 Å². The summed E-state index contributed by atoms with van der Waals surface area (Å²) in [6.45, 7) is 0.807. The van der Waals surface area contributed by atoms with Gasteiger partial charge in [-0.25, -0.2) is 0 Å². The van der Waals surface area contributed by atoms with Crippen molar-refractivity contribution in [2.24, 2.45) is 5.92 Å². The zero-order valence-electron chi connectivity index (χ0n) is 8.50. The van der Waals surface area contributed by atoms with Crippen LogP contribution < -0.4 is 5.32 Å². The molecule has 3 heteroatoms. The molecular formula is C12H14ClNO. The summed E-state index contributed by atoms with van der Waals surface area (Å²) < 4.78 is 0. The van der Waals surface area contributed by atoms with Gasteiger partial charge in [0.1, 0.15) is 0 Å². The first-order chi connectivity index (χ1) is 7.25. The van der Waals surface area contributed by atoms with Gasteiger partial charge in [0.15, 0.2) is 0 Å². The van der Waals surface area contributed by atoms with Gasteiger partial charge in [-0.15, -0.1) is 0 Å². The Morgan fingerprint density at radius 2 is 2.00 bits per heavy atom. The van der Waals surface area contributed by atoms with Crippen LogP contribution in [0.4, 0.5) is 0 Å². The summed E-state index contributed by atoms with van der Waals surface area (Å²) in [6.07, 6.45) is 3.81. The highest BCUT2D eigenvalue weighted by atomic mass is 35.5. The van der Waals surface area contributed by atoms with E-state index in [0.29, 0.717) is 16.5 Å². The van der Waals surface area contributed by atoms with Crippen molar-refractivity contribution >= 4 is 17.5 Å². The summed E-state index contributed by atoms with van der Waals surface area (Å²) in [5.74, 6) is 0.694. The van der Waals surface area contributed by atoms with E-state index in [2.05, 4.69) is 5.32 Å². The number of nitrogens with one attached hydrogen (secondary N) is 1. The summed E-state index contributed by atoms with van der Waals surface area (Å²) in [7, 11) is 0. The molecule has 2 nitrogen and oxygen atoms in total. The maximum Gasteiger partial charge on any atom is 0.251 e. The molecule has 0 saturated heterocycles. The molecule has 2 rings (SSSR count). The lowest BCUT2D eigenvalue weighted by atomic mass is 9.85. The summed E-state index contributed by atoms with van der Waals surface area (Å²) in [6, 6.07) is 6.97. The molecule has 0 spiro atoms. The fraction of sp³-hybridized carbons (Fsp3) is 0.417. The number of carbonyl (C=O) groups is 1. The summed E-state index contributed by atoms with van der Waals surface area (Å²) in [5.41, 5.74) is 0.679. The van der Waals surface area contributed by atoms with Crippen molar-refractivity contribution in [1.82, 2.24) is 5.32 Å². The third kappa shape index (κ3) is 2.72. The van der Waals surface area contributed by atoms with Crippen LogP contribution in [-0.2, 0) is 0 Å². The average molecular weight is 224 g/mol. The van der Waals surface area contributed by atoms with E-state index in [1.54, 1.807) is 24.3 Å². The molecule has 1 aromatic carbocycles. The molecule has 80 valence electrons. The molecule has 1 aliphatic carbocycles. The van der Waals surface area contributed by atoms with Crippen LogP contribution >= 0.6 is 11.6 Å². The first-order valence-corrected chi connectivity index (χ1v) is 5.67. The molecule has 1 N–H and O–H groups in total. The Labute approximate surface area is 94.6 Å². The third-order valence-corrected chi connectivity index (χ3v) is 3.13. The van der Waals surface area contributed by atoms with Gasteiger partial charge in [0.2, 0.25) is 0 Å². The number of benzene rings is 1. The molecule has 0 aromatic heterocycles. The minimum absolute atomic E-state index is 0.00133. The zero-order chi connectivity index (χ0) is 10.7. The molecule has 1 aromatic rings. The molecular weight excluding hydrogens is 210 g/mol. The second-order valence-electron chi connectivity index (χ2n) is 4.01. The van der Waals surface area contributed by atoms with Gasteiger partial charge in [0.25, 0.3) is 5.91 Å². The Kier molecular flexibility index (Phi) is 3.27. The molecule has 0 atom stereocenters. The monoisotopic (exact) mass is 223 g/mol. The molecule has 1 aliphatic rings. The van der Waals surface area contributed by atoms with Crippen molar-refractivity contribution in [2.75, 3.05) is 6.54 Å². The van der Waals surface area contributed by atoms with Gasteiger partial charge < -0.3 is 5.32 Å². The molecule has 15 heavy (non-hydrogen) atoms. The largest absolute Gasteiger partial charge is 0.352 e. The standard InChI is InChI=1S/C12H14ClNO/c13-11-6-4-10(5-7-11)12(15)14-8-9-2-1-3-9/h4-7,9H,1-3,8H2,(H,14,15). The van der Waals surface area contributed by atoms with E-state index < -0.39 is 0 Å². The van der Waals surface area contributed by atoms with E-state index >= 15 is 0 Å². The first-order valence-electron chi connectivity index (χ1n) is 5.29. The minimum Gasteiger partial charge on any atom is -0.352 e. The lowest BCUT2D eigenvalue weighted by Crippen LogP contribution is -2.32. The highest BCUT2D eigenvalue weighted by molar-refractivity contribution is 6.30. The van der Waals surface area contributed by atoms with Crippen LogP contribution in [0, 0.1) is 5.92 Å². The van der Waals surface area contributed by atoms with Crippen molar-refractivity contribution < 1.29 is 4.79 Å². The Hall–Kier alpha value is -1.02. The second kappa shape index (κ2) is 4.67. The Morgan fingerprint density at radius 1 is 1.33 bits per heavy atom. The quantitative estimate of drug-likeness (QED) is 0.839. The first kappa shape index (κ1) is 10.5. The minimum atomic E-state index is -0.00133. The number of hydrogen-bond donors (Lipinski definition) is 1. The van der Waals surface area contributed by atoms with Crippen LogP contribution in [0.3, 0.4) is 0 Å². The highest BCUT2D eigenvalue weighted by Crippen LogP contribution is 2.25. The fourth-order valence-electron chi connectivity index (χ4n) is 1.64. The fourth-order valence-corrected chi connectivity index (χ4v) is 1.76. The maximum absolute atomic E-state index is 11.6. The molecule has 0 heterocycles. The van der Waals surface area contributed by atoms with Crippen molar-refractivity contribution in [3.63, 3.8) is 0 Å². The Morgan fingerprint density at radius 3 is 2.53 bits per heavy atom. The Balaban J connectivity index is 1.86. The number of carbonyl (C=O) groups excluding carboxylic acids is 1. The molecule has 0 bridgehead atoms. The van der Waals surface area contributed by atoms with Crippen LogP contribution in [-0.4, -0.2) is 12.5 Å². The van der Waals surface area contributed by atoms with Crippen molar-refractivity contribution in [2.45, 2.75) is 19.3 Å². The zero-order valence-corrected chi connectivity index (χ0v) is 9.26. The topological polar surface area (TPSA) is 29.1 Å². The van der Waals surface area contributed by atoms with Crippen LogP contribution in [0.25, 0.3) is 0 Å². The van der Waals surface area contributed by atoms with Gasteiger partial charge in [0.05, 0.1) is 0 Å². The van der Waals surface area contributed by atoms with Crippen molar-refractivity contribution in [3.8, 4) is 0 Å². The van der Waals surface area contributed by atoms with Gasteiger partial charge >= 0.3 is 0 Å². The number of hydrogen-bond acceptors (Lipinski definition) is 1. The number of halogens is 1. The van der Waals surface area contributed by atoms with Gasteiger partial charge in [-0.05, 0) is 43.0 Å². The van der Waals surface area contributed by atoms with Crippen LogP contribution in [0.2, 0.25) is 5.02 Å². The third-order valence-electron chi connectivity index (χ3n) is 2.88. The molecule has 1 amide bonds. The SMILES string of the molecule is O=C(NCC1CCC1)c1ccc(Cl)cc1. The van der Waals surface area contributed by atoms with Crippen molar-refractivity contribution in [3.05, 3.63) is 34.9 Å². The highest BCUT2D eigenvalue weighted by Gasteiger charge is 2.18. The van der Waals surface area contributed by atoms with E-state index in [0.717, 1.165) is 6.54 Å². The second-order valence-corrected chi connectivity index (χ2v) is 4.45. The molecule has 0 unspecified atom stereocenters. The van der Waals surface area contributed by atoms with Crippen molar-refractivity contribution in [1.29, 1.82) is 0 Å². The van der Waals surface area contributed by atoms with Crippen LogP contribution in [0.15, 0.2) is 24.3 Å². The van der Waals surface area contributed by atoms with E-state index in [1.165, 1.54) is 19.3 Å². The molecule has 0 aliphatic heterocycles. The molecule has 0 radical (unpaired) electrons. The number of amides is 1. The summed E-state index contributed by atoms with van der Waals surface area (Å²) >= 11 is 5.74. The predicted molar refractivity (Wildman–Crippen MR) is 61.1 cm³/mol. The lowest BCUT2D eigenvalue weighted by molar-refractivity contribution is 0.0939. The van der Waals surface area contributed by atoms with Gasteiger partial charge in [-0.2, -0.15) is 0 Å². The predicted octanol–water partition coefficient (Wildman–Crippen LogP) is 2.87. The average Bonchev–Trinajstić information content (AvgIpc) is 2.16. The summed E-state index contributed by atoms with van der Waals surface area (Å²) in [4.78, 5) is 11.6. The van der Waals surface area contributed by atoms with E-state index in [-0.39, 0.29) is 5.91 Å². The normalized spacial score (nSPS) is 15.8. The van der Waals surface area contributed by atoms with E-state index in [4.69, 9.17) is 11.6 Å². The van der Waals surface area contributed by atoms with Gasteiger partial charge in [-0.3, -0.25) is 4.79 Å². The van der Waals surface area contributed by atoms with Crippen LogP contribution in [0.5, 0.6) is 0 Å². The Bertz CT molecular complexity index is 343. The number of rotatable bonds is 3. The van der Waals surface area contributed by atoms with Crippen LogP contribution in [0.1, 0.15) is 29.6 Å².